The summed E-state index contributed by atoms with van der Waals surface area (Å²) in [4.78, 5) is 27.6. The number of nitrogens with two attached hydrogens (primary N) is 2. The van der Waals surface area contributed by atoms with Gasteiger partial charge in [-0.25, -0.2) is 0 Å². The van der Waals surface area contributed by atoms with Gasteiger partial charge in [0.05, 0.1) is 54.8 Å². The monoisotopic (exact) mass is 764 g/mol. The second-order valence-corrected chi connectivity index (χ2v) is 14.6. The molecule has 0 saturated carbocycles. The van der Waals surface area contributed by atoms with Crippen LogP contribution in [0.4, 0.5) is 34.1 Å². The van der Waals surface area contributed by atoms with Crippen molar-refractivity contribution in [3.8, 4) is 0 Å². The highest BCUT2D eigenvalue weighted by Gasteiger charge is 2.38. The van der Waals surface area contributed by atoms with E-state index < -0.39 is 31.8 Å². The topological polar surface area (TPSA) is 219 Å². The summed E-state index contributed by atoms with van der Waals surface area (Å²) in [6.07, 6.45) is 0. The fourth-order valence-electron chi connectivity index (χ4n) is 4.97. The molecule has 0 spiro atoms. The first-order chi connectivity index (χ1) is 20.4. The minimum absolute atomic E-state index is 0.0472. The molecule has 0 amide bonds. The van der Waals surface area contributed by atoms with Crippen LogP contribution < -0.4 is 22.1 Å². The predicted octanol–water partition coefficient (Wildman–Crippen LogP) is 5.75. The number of halogens is 2. The summed E-state index contributed by atoms with van der Waals surface area (Å²) in [5, 5.41) is 5.93. The molecule has 12 nitrogen and oxygen atoms in total. The highest BCUT2D eigenvalue weighted by atomic mass is 79.9. The second-order valence-electron chi connectivity index (χ2n) is 10.1. The third-order valence-corrected chi connectivity index (χ3v) is 9.77. The van der Waals surface area contributed by atoms with E-state index in [1.807, 2.05) is 0 Å². The molecule has 1 aliphatic rings. The number of hydrogen-bond donors (Lipinski definition) is 6. The number of anilines is 6. The van der Waals surface area contributed by atoms with Gasteiger partial charge in [0, 0.05) is 20.3 Å². The molecule has 4 aromatic carbocycles. The minimum Gasteiger partial charge on any atom is -0.397 e. The number of benzene rings is 4. The van der Waals surface area contributed by atoms with Crippen molar-refractivity contribution in [1.29, 1.82) is 0 Å². The third-order valence-electron chi connectivity index (χ3n) is 6.80. The highest BCUT2D eigenvalue weighted by Crippen LogP contribution is 2.46. The van der Waals surface area contributed by atoms with E-state index in [1.165, 1.54) is 24.3 Å². The molecule has 0 saturated heterocycles. The van der Waals surface area contributed by atoms with Crippen LogP contribution in [0.2, 0.25) is 0 Å². The molecule has 1 aliphatic carbocycles. The lowest BCUT2D eigenvalue weighted by molar-refractivity contribution is 0.0981. The van der Waals surface area contributed by atoms with Crippen LogP contribution in [0.5, 0.6) is 0 Å². The number of aryl methyl sites for hydroxylation is 2. The van der Waals surface area contributed by atoms with Crippen LogP contribution in [0.1, 0.15) is 43.0 Å². The number of nitrogen functional groups attached to an aromatic ring is 2. The number of ketones is 2. The first-order valence-electron chi connectivity index (χ1n) is 12.4. The normalized spacial score (nSPS) is 13.0. The summed E-state index contributed by atoms with van der Waals surface area (Å²) in [5.74, 6) is -1.35. The van der Waals surface area contributed by atoms with Crippen molar-refractivity contribution >= 4 is 97.8 Å². The second kappa shape index (κ2) is 11.0. The molecule has 0 radical (unpaired) electrons. The molecule has 0 heterocycles. The van der Waals surface area contributed by atoms with Crippen LogP contribution in [0, 0.1) is 13.8 Å². The molecule has 0 bridgehead atoms. The lowest BCUT2D eigenvalue weighted by Crippen LogP contribution is -2.26. The van der Waals surface area contributed by atoms with Crippen molar-refractivity contribution in [1.82, 2.24) is 0 Å². The maximum atomic E-state index is 14.2. The van der Waals surface area contributed by atoms with Gasteiger partial charge in [0.15, 0.2) is 11.6 Å². The molecular weight excluding hydrogens is 744 g/mol. The lowest BCUT2D eigenvalue weighted by atomic mass is 9.80. The molecule has 0 unspecified atom stereocenters. The van der Waals surface area contributed by atoms with E-state index in [1.54, 1.807) is 26.0 Å². The molecule has 0 aromatic heterocycles. The van der Waals surface area contributed by atoms with Crippen LogP contribution in [0.15, 0.2) is 67.3 Å². The zero-order chi connectivity index (χ0) is 32.5. The quantitative estimate of drug-likeness (QED) is 0.0900. The molecule has 228 valence electrons. The summed E-state index contributed by atoms with van der Waals surface area (Å²) in [6, 6.07) is 10.9. The van der Waals surface area contributed by atoms with Gasteiger partial charge in [0.1, 0.15) is 0 Å². The molecule has 8 N–H and O–H groups in total. The summed E-state index contributed by atoms with van der Waals surface area (Å²) >= 11 is 6.65. The van der Waals surface area contributed by atoms with Gasteiger partial charge < -0.3 is 22.1 Å². The molecular formula is C28H22Br2N4O8S2. The van der Waals surface area contributed by atoms with Crippen molar-refractivity contribution in [2.24, 2.45) is 0 Å². The molecule has 0 fully saturated rings. The van der Waals surface area contributed by atoms with Crippen LogP contribution in [0.3, 0.4) is 0 Å². The number of carbonyl (C=O) groups is 2. The van der Waals surface area contributed by atoms with E-state index in [0.29, 0.717) is 11.1 Å². The van der Waals surface area contributed by atoms with Crippen LogP contribution >= 0.6 is 31.9 Å². The van der Waals surface area contributed by atoms with Crippen molar-refractivity contribution < 1.29 is 35.5 Å². The van der Waals surface area contributed by atoms with Gasteiger partial charge in [-0.15, -0.1) is 0 Å². The average Bonchev–Trinajstić information content (AvgIpc) is 2.89. The zero-order valence-electron chi connectivity index (χ0n) is 22.7. The van der Waals surface area contributed by atoms with Gasteiger partial charge in [0.2, 0.25) is 0 Å². The Kier molecular flexibility index (Phi) is 7.89. The molecule has 0 aliphatic heterocycles. The maximum absolute atomic E-state index is 14.2. The number of fused-ring (bicyclic) bond motifs is 2. The van der Waals surface area contributed by atoms with E-state index in [0.717, 1.165) is 12.1 Å². The van der Waals surface area contributed by atoms with Gasteiger partial charge in [0.25, 0.3) is 20.2 Å². The van der Waals surface area contributed by atoms with Crippen LogP contribution in [-0.4, -0.2) is 37.5 Å². The summed E-state index contributed by atoms with van der Waals surface area (Å²) in [7, 11) is -9.11. The first-order valence-corrected chi connectivity index (χ1v) is 16.9. The van der Waals surface area contributed by atoms with E-state index >= 15 is 0 Å². The van der Waals surface area contributed by atoms with Crippen LogP contribution in [-0.2, 0) is 20.2 Å². The Morgan fingerprint density at radius 2 is 0.932 bits per heavy atom. The molecule has 5 rings (SSSR count). The van der Waals surface area contributed by atoms with Gasteiger partial charge in [-0.2, -0.15) is 16.8 Å². The largest absolute Gasteiger partial charge is 0.397 e. The Labute approximate surface area is 268 Å². The van der Waals surface area contributed by atoms with E-state index in [-0.39, 0.29) is 75.1 Å². The Hall–Kier alpha value is -3.80. The number of rotatable bonds is 6. The SMILES string of the molecule is Cc1cc(Nc2cc(Br)c(N)c3c2C(=O)c2c(N)c(Br)cc(Nc4cc(C)cc(S(=O)(=O)O)c4)c2C3=O)cc(S(=O)(=O)O)c1. The molecule has 0 atom stereocenters. The first kappa shape index (κ1) is 31.6. The third kappa shape index (κ3) is 5.71. The minimum atomic E-state index is -4.55. The molecule has 4 aromatic rings. The van der Waals surface area contributed by atoms with Crippen molar-refractivity contribution in [2.45, 2.75) is 23.6 Å². The summed E-state index contributed by atoms with van der Waals surface area (Å²) in [6.45, 7) is 3.22. The smallest absolute Gasteiger partial charge is 0.294 e. The fraction of sp³-hybridized carbons (Fsp3) is 0.0714. The van der Waals surface area contributed by atoms with Crippen molar-refractivity contribution in [3.05, 3.63) is 90.9 Å². The summed E-state index contributed by atoms with van der Waals surface area (Å²) in [5.41, 5.74) is 13.5. The standard InChI is InChI=1S/C28H22Br2N4O8S2/c1-11-3-13(7-15(5-11)43(37,38)39)33-19-9-17(29)25(31)23-21(19)27(35)24-22(28(23)36)20(10-18(30)26(24)32)34-14-4-12(2)6-16(8-14)44(40,41)42/h3-10,33-34H,31-32H2,1-2H3,(H,37,38,39)(H,40,41,42). The zero-order valence-corrected chi connectivity index (χ0v) is 27.5. The van der Waals surface area contributed by atoms with Crippen molar-refractivity contribution in [2.75, 3.05) is 22.1 Å². The lowest BCUT2D eigenvalue weighted by Gasteiger charge is -2.27. The Balaban J connectivity index is 1.70. The maximum Gasteiger partial charge on any atom is 0.294 e. The van der Waals surface area contributed by atoms with Crippen molar-refractivity contribution in [3.63, 3.8) is 0 Å². The Morgan fingerprint density at radius 3 is 1.25 bits per heavy atom. The van der Waals surface area contributed by atoms with Gasteiger partial charge >= 0.3 is 0 Å². The van der Waals surface area contributed by atoms with Gasteiger partial charge in [-0.1, -0.05) is 0 Å². The predicted molar refractivity (Wildman–Crippen MR) is 173 cm³/mol. The summed E-state index contributed by atoms with van der Waals surface area (Å²) < 4.78 is 66.9. The average molecular weight is 766 g/mol. The Morgan fingerprint density at radius 1 is 0.591 bits per heavy atom. The highest BCUT2D eigenvalue weighted by molar-refractivity contribution is 9.11. The number of hydrogen-bond acceptors (Lipinski definition) is 10. The fourth-order valence-corrected chi connectivity index (χ4v) is 7.05. The Bertz CT molecular complexity index is 2030. The van der Waals surface area contributed by atoms with E-state index in [2.05, 4.69) is 42.5 Å². The van der Waals surface area contributed by atoms with Gasteiger partial charge in [-0.05, 0) is 105 Å². The molecule has 44 heavy (non-hydrogen) atoms. The van der Waals surface area contributed by atoms with E-state index in [4.69, 9.17) is 11.5 Å². The number of nitrogens with one attached hydrogen (secondary N) is 2. The van der Waals surface area contributed by atoms with E-state index in [9.17, 15) is 35.5 Å². The molecule has 16 heteroatoms. The number of carbonyl (C=O) groups excluding carboxylic acids is 2. The van der Waals surface area contributed by atoms with Gasteiger partial charge in [-0.3, -0.25) is 18.7 Å². The van der Waals surface area contributed by atoms with Crippen LogP contribution in [0.25, 0.3) is 0 Å².